The summed E-state index contributed by atoms with van der Waals surface area (Å²) >= 11 is 13.9. The number of amides is 1. The molecule has 0 atom stereocenters. The van der Waals surface area contributed by atoms with E-state index >= 15 is 0 Å². The number of rotatable bonds is 2. The topological polar surface area (TPSA) is 36.4 Å². The molecule has 0 aliphatic carbocycles. The van der Waals surface area contributed by atoms with Gasteiger partial charge in [-0.15, -0.1) is 0 Å². The van der Waals surface area contributed by atoms with Crippen molar-refractivity contribution < 1.29 is 4.79 Å². The van der Waals surface area contributed by atoms with Gasteiger partial charge in [0.2, 0.25) is 5.91 Å². The lowest BCUT2D eigenvalue weighted by Crippen LogP contribution is -2.56. The van der Waals surface area contributed by atoms with Crippen molar-refractivity contribution in [3.8, 4) is 0 Å². The van der Waals surface area contributed by atoms with Gasteiger partial charge in [0, 0.05) is 43.9 Å². The van der Waals surface area contributed by atoms with Crippen LogP contribution in [0, 0.1) is 5.92 Å². The predicted octanol–water partition coefficient (Wildman–Crippen LogP) is 2.40. The second-order valence-electron chi connectivity index (χ2n) is 5.00. The number of hydrogen-bond donors (Lipinski definition) is 0. The first-order chi connectivity index (χ1) is 9.65. The van der Waals surface area contributed by atoms with Gasteiger partial charge in [0.15, 0.2) is 0 Å². The fraction of sp³-hybridized carbons (Fsp3) is 0.538. The molecule has 0 spiro atoms. The Bertz CT molecular complexity index is 516. The van der Waals surface area contributed by atoms with E-state index in [1.165, 1.54) is 0 Å². The molecule has 0 radical (unpaired) electrons. The van der Waals surface area contributed by atoms with Crippen molar-refractivity contribution in [1.82, 2.24) is 9.88 Å². The van der Waals surface area contributed by atoms with Crippen molar-refractivity contribution >= 4 is 46.7 Å². The molecule has 2 aliphatic rings. The van der Waals surface area contributed by atoms with Gasteiger partial charge in [-0.25, -0.2) is 4.98 Å². The highest BCUT2D eigenvalue weighted by atomic mass is 35.5. The molecule has 0 N–H and O–H groups in total. The van der Waals surface area contributed by atoms with Crippen LogP contribution in [0.1, 0.15) is 0 Å². The Hall–Kier alpha value is -0.650. The normalized spacial score (nSPS) is 19.9. The van der Waals surface area contributed by atoms with Crippen LogP contribution in [0.25, 0.3) is 0 Å². The fourth-order valence-corrected chi connectivity index (χ4v) is 3.89. The van der Waals surface area contributed by atoms with E-state index < -0.39 is 0 Å². The Balaban J connectivity index is 1.59. The smallest absolute Gasteiger partial charge is 0.229 e. The third-order valence-corrected chi connectivity index (χ3v) is 5.07. The summed E-state index contributed by atoms with van der Waals surface area (Å²) in [6, 6.07) is 1.68. The summed E-state index contributed by atoms with van der Waals surface area (Å²) in [7, 11) is 0. The van der Waals surface area contributed by atoms with Crippen LogP contribution >= 0.6 is 35.0 Å². The molecule has 7 heteroatoms. The summed E-state index contributed by atoms with van der Waals surface area (Å²) < 4.78 is 0. The standard InChI is InChI=1S/C13H15Cl2N3OS/c14-10-5-11(15)12(16-6-10)18-7-9(8-18)13(19)17-1-3-20-4-2-17/h5-6,9H,1-4,7-8H2. The van der Waals surface area contributed by atoms with Gasteiger partial charge >= 0.3 is 0 Å². The minimum Gasteiger partial charge on any atom is -0.354 e. The van der Waals surface area contributed by atoms with Crippen molar-refractivity contribution in [3.05, 3.63) is 22.3 Å². The van der Waals surface area contributed by atoms with Crippen LogP contribution in [-0.2, 0) is 4.79 Å². The number of hydrogen-bond acceptors (Lipinski definition) is 4. The van der Waals surface area contributed by atoms with Crippen LogP contribution in [0.2, 0.25) is 10.0 Å². The van der Waals surface area contributed by atoms with Gasteiger partial charge in [0.1, 0.15) is 5.82 Å². The van der Waals surface area contributed by atoms with E-state index in [1.54, 1.807) is 12.3 Å². The quantitative estimate of drug-likeness (QED) is 0.833. The number of thioether (sulfide) groups is 1. The Morgan fingerprint density at radius 3 is 2.65 bits per heavy atom. The van der Waals surface area contributed by atoms with Gasteiger partial charge in [-0.05, 0) is 6.07 Å². The SMILES string of the molecule is O=C(C1CN(c2ncc(Cl)cc2Cl)C1)N1CCSCC1. The number of nitrogens with zero attached hydrogens (tertiary/aromatic N) is 3. The Kier molecular flexibility index (Phi) is 4.29. The summed E-state index contributed by atoms with van der Waals surface area (Å²) in [6.07, 6.45) is 1.58. The molecule has 2 aliphatic heterocycles. The minimum absolute atomic E-state index is 0.0756. The summed E-state index contributed by atoms with van der Waals surface area (Å²) in [5.74, 6) is 3.16. The van der Waals surface area contributed by atoms with E-state index in [1.807, 2.05) is 21.6 Å². The molecule has 2 fully saturated rings. The lowest BCUT2D eigenvalue weighted by molar-refractivity contribution is -0.135. The monoisotopic (exact) mass is 331 g/mol. The second kappa shape index (κ2) is 6.00. The average Bonchev–Trinajstić information content (AvgIpc) is 2.40. The van der Waals surface area contributed by atoms with Crippen molar-refractivity contribution in [3.63, 3.8) is 0 Å². The number of aromatic nitrogens is 1. The first-order valence-corrected chi connectivity index (χ1v) is 8.49. The fourth-order valence-electron chi connectivity index (χ4n) is 2.49. The number of pyridine rings is 1. The number of halogens is 2. The van der Waals surface area contributed by atoms with Crippen LogP contribution in [-0.4, -0.2) is 53.5 Å². The van der Waals surface area contributed by atoms with Crippen molar-refractivity contribution in [2.75, 3.05) is 42.6 Å². The highest BCUT2D eigenvalue weighted by Gasteiger charge is 2.37. The first-order valence-electron chi connectivity index (χ1n) is 6.57. The van der Waals surface area contributed by atoms with Gasteiger partial charge in [-0.3, -0.25) is 4.79 Å². The first kappa shape index (κ1) is 14.3. The molecule has 1 amide bonds. The van der Waals surface area contributed by atoms with E-state index in [4.69, 9.17) is 23.2 Å². The molecule has 108 valence electrons. The second-order valence-corrected chi connectivity index (χ2v) is 7.07. The summed E-state index contributed by atoms with van der Waals surface area (Å²) in [6.45, 7) is 3.13. The molecule has 0 saturated carbocycles. The van der Waals surface area contributed by atoms with Crippen LogP contribution in [0.5, 0.6) is 0 Å². The zero-order valence-corrected chi connectivity index (χ0v) is 13.2. The Morgan fingerprint density at radius 2 is 2.00 bits per heavy atom. The average molecular weight is 332 g/mol. The van der Waals surface area contributed by atoms with Gasteiger partial charge in [-0.1, -0.05) is 23.2 Å². The summed E-state index contributed by atoms with van der Waals surface area (Å²) in [5.41, 5.74) is 0. The molecule has 1 aromatic heterocycles. The van der Waals surface area contributed by atoms with Crippen molar-refractivity contribution in [2.24, 2.45) is 5.92 Å². The van der Waals surface area contributed by atoms with Crippen LogP contribution < -0.4 is 4.90 Å². The molecule has 0 aromatic carbocycles. The van der Waals surface area contributed by atoms with Crippen molar-refractivity contribution in [1.29, 1.82) is 0 Å². The molecule has 0 bridgehead atoms. The highest BCUT2D eigenvalue weighted by Crippen LogP contribution is 2.31. The van der Waals surface area contributed by atoms with E-state index in [9.17, 15) is 4.79 Å². The minimum atomic E-state index is 0.0756. The largest absolute Gasteiger partial charge is 0.354 e. The Labute approximate surface area is 132 Å². The molecule has 20 heavy (non-hydrogen) atoms. The number of carbonyl (C=O) groups is 1. The zero-order chi connectivity index (χ0) is 14.1. The molecular formula is C13H15Cl2N3OS. The molecule has 0 unspecified atom stereocenters. The van der Waals surface area contributed by atoms with E-state index in [0.717, 1.165) is 24.6 Å². The maximum Gasteiger partial charge on any atom is 0.229 e. The lowest BCUT2D eigenvalue weighted by atomic mass is 9.98. The third kappa shape index (κ3) is 2.85. The predicted molar refractivity (Wildman–Crippen MR) is 83.9 cm³/mol. The van der Waals surface area contributed by atoms with Crippen LogP contribution in [0.4, 0.5) is 5.82 Å². The Morgan fingerprint density at radius 1 is 1.30 bits per heavy atom. The number of carbonyl (C=O) groups excluding carboxylic acids is 1. The van der Waals surface area contributed by atoms with E-state index in [2.05, 4.69) is 4.98 Å². The van der Waals surface area contributed by atoms with E-state index in [-0.39, 0.29) is 11.8 Å². The van der Waals surface area contributed by atoms with Crippen molar-refractivity contribution in [2.45, 2.75) is 0 Å². The van der Waals surface area contributed by atoms with Gasteiger partial charge < -0.3 is 9.80 Å². The van der Waals surface area contributed by atoms with Gasteiger partial charge in [-0.2, -0.15) is 11.8 Å². The highest BCUT2D eigenvalue weighted by molar-refractivity contribution is 7.99. The molecule has 3 heterocycles. The summed E-state index contributed by atoms with van der Waals surface area (Å²) in [5, 5.41) is 1.07. The lowest BCUT2D eigenvalue weighted by Gasteiger charge is -2.42. The van der Waals surface area contributed by atoms with Crippen LogP contribution in [0.15, 0.2) is 12.3 Å². The molecule has 3 rings (SSSR count). The third-order valence-electron chi connectivity index (χ3n) is 3.64. The van der Waals surface area contributed by atoms with E-state index in [0.29, 0.717) is 29.0 Å². The maximum absolute atomic E-state index is 12.3. The molecule has 4 nitrogen and oxygen atoms in total. The van der Waals surface area contributed by atoms with Gasteiger partial charge in [0.25, 0.3) is 0 Å². The zero-order valence-electron chi connectivity index (χ0n) is 10.9. The van der Waals surface area contributed by atoms with Crippen LogP contribution in [0.3, 0.4) is 0 Å². The number of anilines is 1. The molecule has 2 saturated heterocycles. The van der Waals surface area contributed by atoms with Gasteiger partial charge in [0.05, 0.1) is 16.0 Å². The maximum atomic E-state index is 12.3. The molecule has 1 aromatic rings. The molecular weight excluding hydrogens is 317 g/mol. The summed E-state index contributed by atoms with van der Waals surface area (Å²) in [4.78, 5) is 20.6.